The summed E-state index contributed by atoms with van der Waals surface area (Å²) in [5.41, 5.74) is 0.567. The number of ether oxygens (including phenoxy) is 2. The number of methoxy groups -OCH3 is 1. The second-order valence-electron chi connectivity index (χ2n) is 5.83. The molecule has 1 heterocycles. The topological polar surface area (TPSA) is 113 Å². The average Bonchev–Trinajstić information content (AvgIpc) is 3.04. The van der Waals surface area contributed by atoms with Crippen molar-refractivity contribution < 1.29 is 24.0 Å². The predicted molar refractivity (Wildman–Crippen MR) is 106 cm³/mol. The van der Waals surface area contributed by atoms with Gasteiger partial charge in [0, 0.05) is 17.7 Å². The van der Waals surface area contributed by atoms with E-state index in [1.165, 1.54) is 36.6 Å². The highest BCUT2D eigenvalue weighted by molar-refractivity contribution is 7.16. The lowest BCUT2D eigenvalue weighted by Gasteiger charge is -2.05. The van der Waals surface area contributed by atoms with Crippen molar-refractivity contribution in [1.82, 2.24) is 4.57 Å². The number of carbonyl (C=O) groups is 2. The van der Waals surface area contributed by atoms with Crippen LogP contribution >= 0.6 is 11.3 Å². The van der Waals surface area contributed by atoms with Gasteiger partial charge in [-0.15, -0.1) is 0 Å². The number of thiazole rings is 1. The molecule has 1 amide bonds. The van der Waals surface area contributed by atoms with Gasteiger partial charge in [0.05, 0.1) is 28.9 Å². The molecule has 0 fully saturated rings. The van der Waals surface area contributed by atoms with E-state index in [-0.39, 0.29) is 22.6 Å². The Morgan fingerprint density at radius 1 is 1.24 bits per heavy atom. The molecule has 0 unspecified atom stereocenters. The molecule has 3 aromatic rings. The molecule has 9 nitrogen and oxygen atoms in total. The van der Waals surface area contributed by atoms with Crippen LogP contribution in [0.3, 0.4) is 0 Å². The van der Waals surface area contributed by atoms with Crippen molar-refractivity contribution in [1.29, 1.82) is 0 Å². The van der Waals surface area contributed by atoms with Crippen LogP contribution in [0.5, 0.6) is 5.75 Å². The SMILES string of the molecule is CCOc1ccc2c(c1)sc(=NC(=O)c1cccc([N+](=O)[O-])c1)n2CC(=O)OC. The van der Waals surface area contributed by atoms with Crippen LogP contribution in [0.25, 0.3) is 10.2 Å². The molecular formula is C19H17N3O6S. The summed E-state index contributed by atoms with van der Waals surface area (Å²) in [7, 11) is 1.27. The summed E-state index contributed by atoms with van der Waals surface area (Å²) in [6.45, 7) is 2.24. The van der Waals surface area contributed by atoms with Crippen LogP contribution in [0.15, 0.2) is 47.5 Å². The lowest BCUT2D eigenvalue weighted by Crippen LogP contribution is -2.22. The number of hydrogen-bond donors (Lipinski definition) is 0. The number of non-ortho nitro benzene ring substituents is 1. The summed E-state index contributed by atoms with van der Waals surface area (Å²) < 4.78 is 12.6. The highest BCUT2D eigenvalue weighted by Gasteiger charge is 2.15. The van der Waals surface area contributed by atoms with Crippen LogP contribution in [0.4, 0.5) is 5.69 Å². The van der Waals surface area contributed by atoms with Gasteiger partial charge in [-0.05, 0) is 31.2 Å². The van der Waals surface area contributed by atoms with Crippen molar-refractivity contribution in [2.24, 2.45) is 4.99 Å². The minimum Gasteiger partial charge on any atom is -0.494 e. The Balaban J connectivity index is 2.11. The third-order valence-electron chi connectivity index (χ3n) is 3.98. The number of esters is 1. The minimum atomic E-state index is -0.649. The first kappa shape index (κ1) is 20.2. The number of amides is 1. The smallest absolute Gasteiger partial charge is 0.325 e. The van der Waals surface area contributed by atoms with Crippen LogP contribution in [-0.4, -0.2) is 35.1 Å². The van der Waals surface area contributed by atoms with E-state index in [0.29, 0.717) is 17.9 Å². The molecule has 2 aromatic carbocycles. The van der Waals surface area contributed by atoms with Crippen molar-refractivity contribution in [2.75, 3.05) is 13.7 Å². The number of nitro groups is 1. The molecule has 0 N–H and O–H groups in total. The maximum Gasteiger partial charge on any atom is 0.325 e. The van der Waals surface area contributed by atoms with E-state index in [4.69, 9.17) is 9.47 Å². The quantitative estimate of drug-likeness (QED) is 0.347. The van der Waals surface area contributed by atoms with Crippen molar-refractivity contribution in [2.45, 2.75) is 13.5 Å². The molecule has 29 heavy (non-hydrogen) atoms. The Morgan fingerprint density at radius 3 is 2.72 bits per heavy atom. The zero-order valence-corrected chi connectivity index (χ0v) is 16.5. The molecule has 0 saturated carbocycles. The Bertz CT molecular complexity index is 1160. The second kappa shape index (κ2) is 8.65. The molecule has 0 bridgehead atoms. The third-order valence-corrected chi connectivity index (χ3v) is 5.02. The maximum absolute atomic E-state index is 12.6. The number of nitro benzene ring substituents is 1. The fourth-order valence-corrected chi connectivity index (χ4v) is 3.70. The van der Waals surface area contributed by atoms with Gasteiger partial charge in [-0.1, -0.05) is 17.4 Å². The number of rotatable bonds is 6. The van der Waals surface area contributed by atoms with Gasteiger partial charge >= 0.3 is 5.97 Å². The summed E-state index contributed by atoms with van der Waals surface area (Å²) in [5, 5.41) is 10.9. The van der Waals surface area contributed by atoms with Crippen LogP contribution in [-0.2, 0) is 16.1 Å². The normalized spacial score (nSPS) is 11.4. The van der Waals surface area contributed by atoms with Gasteiger partial charge < -0.3 is 14.0 Å². The van der Waals surface area contributed by atoms with Gasteiger partial charge in [-0.2, -0.15) is 4.99 Å². The molecule has 0 spiro atoms. The summed E-state index contributed by atoms with van der Waals surface area (Å²) >= 11 is 1.20. The summed E-state index contributed by atoms with van der Waals surface area (Å²) in [6.07, 6.45) is 0. The van der Waals surface area contributed by atoms with Crippen molar-refractivity contribution in [3.63, 3.8) is 0 Å². The monoisotopic (exact) mass is 415 g/mol. The molecule has 0 atom stereocenters. The molecule has 0 aliphatic heterocycles. The summed E-state index contributed by atoms with van der Waals surface area (Å²) in [6, 6.07) is 10.7. The minimum absolute atomic E-state index is 0.0799. The van der Waals surface area contributed by atoms with Gasteiger partial charge in [0.2, 0.25) is 0 Å². The lowest BCUT2D eigenvalue weighted by molar-refractivity contribution is -0.384. The zero-order valence-electron chi connectivity index (χ0n) is 15.7. The van der Waals surface area contributed by atoms with Crippen molar-refractivity contribution >= 4 is 39.1 Å². The first-order chi connectivity index (χ1) is 13.9. The molecule has 3 rings (SSSR count). The standard InChI is InChI=1S/C19H17N3O6S/c1-3-28-14-7-8-15-16(10-14)29-19(21(15)11-17(23)27-2)20-18(24)12-5-4-6-13(9-12)22(25)26/h4-10H,3,11H2,1-2H3. The van der Waals surface area contributed by atoms with E-state index in [1.54, 1.807) is 22.8 Å². The maximum atomic E-state index is 12.6. The first-order valence-electron chi connectivity index (χ1n) is 8.59. The van der Waals surface area contributed by atoms with Gasteiger partial charge in [0.25, 0.3) is 11.6 Å². The van der Waals surface area contributed by atoms with Gasteiger partial charge in [0.15, 0.2) is 4.80 Å². The van der Waals surface area contributed by atoms with Crippen LogP contribution in [0.2, 0.25) is 0 Å². The van der Waals surface area contributed by atoms with Crippen LogP contribution in [0.1, 0.15) is 17.3 Å². The number of carbonyl (C=O) groups excluding carboxylic acids is 2. The van der Waals surface area contributed by atoms with Crippen molar-refractivity contribution in [3.8, 4) is 5.75 Å². The highest BCUT2D eigenvalue weighted by Crippen LogP contribution is 2.24. The van der Waals surface area contributed by atoms with Crippen molar-refractivity contribution in [3.05, 3.63) is 62.9 Å². The lowest BCUT2D eigenvalue weighted by atomic mass is 10.2. The zero-order chi connectivity index (χ0) is 21.0. The molecule has 150 valence electrons. The summed E-state index contributed by atoms with van der Waals surface area (Å²) in [4.78, 5) is 39.2. The third kappa shape index (κ3) is 4.49. The number of benzene rings is 2. The van der Waals surface area contributed by atoms with Gasteiger partial charge in [-0.3, -0.25) is 19.7 Å². The molecule has 0 saturated heterocycles. The van der Waals surface area contributed by atoms with E-state index in [0.717, 1.165) is 10.8 Å². The molecule has 1 aromatic heterocycles. The van der Waals surface area contributed by atoms with Gasteiger partial charge in [-0.25, -0.2) is 0 Å². The molecular weight excluding hydrogens is 398 g/mol. The molecule has 0 aliphatic carbocycles. The van der Waals surface area contributed by atoms with E-state index in [2.05, 4.69) is 4.99 Å². The number of aromatic nitrogens is 1. The van der Waals surface area contributed by atoms with E-state index in [9.17, 15) is 19.7 Å². The molecule has 0 aliphatic rings. The molecule has 0 radical (unpaired) electrons. The van der Waals surface area contributed by atoms with E-state index >= 15 is 0 Å². The molecule has 10 heteroatoms. The second-order valence-corrected chi connectivity index (χ2v) is 6.84. The largest absolute Gasteiger partial charge is 0.494 e. The average molecular weight is 415 g/mol. The predicted octanol–water partition coefficient (Wildman–Crippen LogP) is 2.92. The first-order valence-corrected chi connectivity index (χ1v) is 9.41. The summed E-state index contributed by atoms with van der Waals surface area (Å²) in [5.74, 6) is -0.491. The van der Waals surface area contributed by atoms with E-state index in [1.807, 2.05) is 6.92 Å². The Morgan fingerprint density at radius 2 is 2.03 bits per heavy atom. The number of fused-ring (bicyclic) bond motifs is 1. The Hall–Kier alpha value is -3.53. The Kier molecular flexibility index (Phi) is 6.03. The van der Waals surface area contributed by atoms with Crippen LogP contribution < -0.4 is 9.54 Å². The Labute approximate surface area is 169 Å². The van der Waals surface area contributed by atoms with E-state index < -0.39 is 16.8 Å². The number of hydrogen-bond acceptors (Lipinski definition) is 7. The highest BCUT2D eigenvalue weighted by atomic mass is 32.1. The number of nitrogens with zero attached hydrogens (tertiary/aromatic N) is 3. The fourth-order valence-electron chi connectivity index (χ4n) is 2.65. The van der Waals surface area contributed by atoms with Crippen LogP contribution in [0, 0.1) is 10.1 Å². The van der Waals surface area contributed by atoms with Gasteiger partial charge in [0.1, 0.15) is 12.3 Å². The fraction of sp³-hybridized carbons (Fsp3) is 0.211.